The quantitative estimate of drug-likeness (QED) is 0.270. The SMILES string of the molecule is Cc1ccc(S(=O)(=O)n2cc(C3CN=C(c4cn(S(C)(=O)=O)c5cc(Br)ccc45)C(=O)N3)c3ccc(Br)cc32)cc1. The van der Waals surface area contributed by atoms with Crippen LogP contribution in [0.5, 0.6) is 0 Å². The van der Waals surface area contributed by atoms with Crippen LogP contribution in [0.3, 0.4) is 0 Å². The number of benzene rings is 3. The summed E-state index contributed by atoms with van der Waals surface area (Å²) >= 11 is 6.82. The molecule has 9 nitrogen and oxygen atoms in total. The van der Waals surface area contributed by atoms with Crippen molar-refractivity contribution < 1.29 is 21.6 Å². The number of halogens is 2. The molecule has 0 spiro atoms. The molecular weight excluding hydrogens is 696 g/mol. The first kappa shape index (κ1) is 27.9. The predicted molar refractivity (Wildman–Crippen MR) is 166 cm³/mol. The van der Waals surface area contributed by atoms with Crippen molar-refractivity contribution in [2.24, 2.45) is 4.99 Å². The topological polar surface area (TPSA) is 120 Å². The Labute approximate surface area is 253 Å². The van der Waals surface area contributed by atoms with Gasteiger partial charge in [-0.1, -0.05) is 61.7 Å². The summed E-state index contributed by atoms with van der Waals surface area (Å²) in [6.07, 6.45) is 4.03. The van der Waals surface area contributed by atoms with Crippen LogP contribution in [0, 0.1) is 6.92 Å². The second-order valence-corrected chi connectivity index (χ2v) is 15.3. The van der Waals surface area contributed by atoms with E-state index < -0.39 is 32.0 Å². The Balaban J connectivity index is 1.44. The Morgan fingerprint density at radius 3 is 2.07 bits per heavy atom. The molecule has 6 rings (SSSR count). The minimum Gasteiger partial charge on any atom is -0.342 e. The van der Waals surface area contributed by atoms with Crippen molar-refractivity contribution >= 4 is 85.3 Å². The molecule has 0 fully saturated rings. The molecule has 5 aromatic rings. The minimum atomic E-state index is -3.94. The summed E-state index contributed by atoms with van der Waals surface area (Å²) in [5, 5.41) is 4.19. The highest BCUT2D eigenvalue weighted by molar-refractivity contribution is 9.10. The van der Waals surface area contributed by atoms with E-state index in [1.165, 1.54) is 16.4 Å². The number of fused-ring (bicyclic) bond motifs is 2. The molecule has 3 heterocycles. The molecule has 1 N–H and O–H groups in total. The maximum Gasteiger partial charge on any atom is 0.270 e. The average Bonchev–Trinajstić information content (AvgIpc) is 3.47. The lowest BCUT2D eigenvalue weighted by Crippen LogP contribution is -2.40. The van der Waals surface area contributed by atoms with Crippen molar-refractivity contribution in [3.8, 4) is 0 Å². The summed E-state index contributed by atoms with van der Waals surface area (Å²) in [4.78, 5) is 18.2. The van der Waals surface area contributed by atoms with Gasteiger partial charge in [0.25, 0.3) is 15.9 Å². The molecular formula is C28H22Br2N4O5S2. The van der Waals surface area contributed by atoms with Gasteiger partial charge in [-0.05, 0) is 43.3 Å². The summed E-state index contributed by atoms with van der Waals surface area (Å²) in [6, 6.07) is 16.5. The van der Waals surface area contributed by atoms with Crippen LogP contribution in [0.15, 0.2) is 91.9 Å². The lowest BCUT2D eigenvalue weighted by atomic mass is 10.0. The van der Waals surface area contributed by atoms with E-state index in [0.29, 0.717) is 41.9 Å². The Hall–Kier alpha value is -3.26. The van der Waals surface area contributed by atoms with Crippen LogP contribution in [0.25, 0.3) is 21.8 Å². The van der Waals surface area contributed by atoms with Crippen LogP contribution in [-0.4, -0.2) is 49.2 Å². The molecule has 41 heavy (non-hydrogen) atoms. The Bertz CT molecular complexity index is 2150. The van der Waals surface area contributed by atoms with Crippen LogP contribution >= 0.6 is 31.9 Å². The van der Waals surface area contributed by atoms with Crippen molar-refractivity contribution in [1.82, 2.24) is 13.3 Å². The Morgan fingerprint density at radius 2 is 1.46 bits per heavy atom. The second-order valence-electron chi connectivity index (χ2n) is 9.84. The van der Waals surface area contributed by atoms with Gasteiger partial charge >= 0.3 is 0 Å². The molecule has 0 radical (unpaired) electrons. The maximum atomic E-state index is 13.7. The van der Waals surface area contributed by atoms with Gasteiger partial charge in [0.2, 0.25) is 10.0 Å². The largest absolute Gasteiger partial charge is 0.342 e. The number of aliphatic imine (C=N–C) groups is 1. The number of hydrogen-bond acceptors (Lipinski definition) is 6. The molecule has 13 heteroatoms. The highest BCUT2D eigenvalue weighted by Crippen LogP contribution is 2.34. The van der Waals surface area contributed by atoms with Crippen LogP contribution in [0.1, 0.15) is 22.7 Å². The number of aromatic nitrogens is 2. The van der Waals surface area contributed by atoms with Crippen LogP contribution in [0.4, 0.5) is 0 Å². The summed E-state index contributed by atoms with van der Waals surface area (Å²) in [5.41, 5.74) is 2.92. The summed E-state index contributed by atoms with van der Waals surface area (Å²) in [6.45, 7) is 2.01. The lowest BCUT2D eigenvalue weighted by Gasteiger charge is -2.22. The fourth-order valence-electron chi connectivity index (χ4n) is 5.04. The summed E-state index contributed by atoms with van der Waals surface area (Å²) in [7, 11) is -7.59. The fourth-order valence-corrected chi connectivity index (χ4v) is 7.91. The zero-order valence-electron chi connectivity index (χ0n) is 21.7. The predicted octanol–water partition coefficient (Wildman–Crippen LogP) is 5.13. The zero-order chi connectivity index (χ0) is 29.3. The fraction of sp³-hybridized carbons (Fsp3) is 0.143. The number of nitrogens with zero attached hydrogens (tertiary/aromatic N) is 3. The van der Waals surface area contributed by atoms with E-state index in [1.54, 1.807) is 54.6 Å². The normalized spacial score (nSPS) is 16.2. The molecule has 1 aliphatic rings. The third-order valence-corrected chi connectivity index (χ3v) is 10.7. The zero-order valence-corrected chi connectivity index (χ0v) is 26.5. The number of carbonyl (C=O) groups is 1. The first-order chi connectivity index (χ1) is 19.3. The number of carbonyl (C=O) groups excluding carboxylic acids is 1. The third-order valence-electron chi connectivity index (χ3n) is 7.02. The number of nitrogens with one attached hydrogen (secondary N) is 1. The van der Waals surface area contributed by atoms with E-state index in [4.69, 9.17) is 0 Å². The van der Waals surface area contributed by atoms with Gasteiger partial charge in [-0.25, -0.2) is 24.8 Å². The van der Waals surface area contributed by atoms with Gasteiger partial charge in [-0.15, -0.1) is 0 Å². The van der Waals surface area contributed by atoms with Gasteiger partial charge < -0.3 is 5.32 Å². The number of rotatable bonds is 5. The van der Waals surface area contributed by atoms with Gasteiger partial charge in [0.1, 0.15) is 5.71 Å². The van der Waals surface area contributed by atoms with Gasteiger partial charge in [0.15, 0.2) is 0 Å². The molecule has 0 saturated carbocycles. The van der Waals surface area contributed by atoms with E-state index in [1.807, 2.05) is 13.0 Å². The second kappa shape index (κ2) is 9.93. The van der Waals surface area contributed by atoms with E-state index in [-0.39, 0.29) is 17.2 Å². The Morgan fingerprint density at radius 1 is 0.854 bits per heavy atom. The van der Waals surface area contributed by atoms with E-state index in [0.717, 1.165) is 15.8 Å². The smallest absolute Gasteiger partial charge is 0.270 e. The van der Waals surface area contributed by atoms with Crippen LogP contribution in [-0.2, 0) is 24.8 Å². The maximum absolute atomic E-state index is 13.7. The lowest BCUT2D eigenvalue weighted by molar-refractivity contribution is -0.115. The number of amides is 1. The monoisotopic (exact) mass is 716 g/mol. The number of hydrogen-bond donors (Lipinski definition) is 1. The van der Waals surface area contributed by atoms with Crippen molar-refractivity contribution in [2.45, 2.75) is 17.9 Å². The number of aryl methyl sites for hydroxylation is 1. The average molecular weight is 718 g/mol. The first-order valence-corrected chi connectivity index (χ1v) is 17.2. The van der Waals surface area contributed by atoms with Crippen LogP contribution < -0.4 is 5.32 Å². The summed E-state index contributed by atoms with van der Waals surface area (Å²) < 4.78 is 56.1. The standard InChI is InChI=1S/C28H22Br2N4O5S2/c1-16-3-7-19(8-4-16)41(38,39)34-14-22(20-9-5-18(30)12-26(20)34)24-13-31-27(28(35)32-24)23-15-33(40(2,36)37)25-11-17(29)6-10-21(23)25/h3-12,14-15,24H,13H2,1-2H3,(H,32,35). The first-order valence-electron chi connectivity index (χ1n) is 12.3. The van der Waals surface area contributed by atoms with E-state index >= 15 is 0 Å². The van der Waals surface area contributed by atoms with Crippen molar-refractivity contribution in [2.75, 3.05) is 12.8 Å². The molecule has 1 atom stereocenters. The Kier molecular flexibility index (Phi) is 6.76. The van der Waals surface area contributed by atoms with E-state index in [2.05, 4.69) is 42.2 Å². The summed E-state index contributed by atoms with van der Waals surface area (Å²) in [5.74, 6) is -0.490. The molecule has 210 valence electrons. The third kappa shape index (κ3) is 4.84. The van der Waals surface area contributed by atoms with Crippen molar-refractivity contribution in [3.63, 3.8) is 0 Å². The van der Waals surface area contributed by atoms with Gasteiger partial charge in [0, 0.05) is 43.2 Å². The highest BCUT2D eigenvalue weighted by atomic mass is 79.9. The molecule has 2 aromatic heterocycles. The molecule has 1 unspecified atom stereocenters. The molecule has 0 aliphatic carbocycles. The van der Waals surface area contributed by atoms with Gasteiger partial charge in [-0.2, -0.15) is 0 Å². The highest BCUT2D eigenvalue weighted by Gasteiger charge is 2.31. The van der Waals surface area contributed by atoms with E-state index in [9.17, 15) is 21.6 Å². The van der Waals surface area contributed by atoms with Crippen molar-refractivity contribution in [3.05, 3.63) is 98.7 Å². The molecule has 1 aliphatic heterocycles. The molecule has 3 aromatic carbocycles. The van der Waals surface area contributed by atoms with Gasteiger partial charge in [0.05, 0.1) is 34.8 Å². The minimum absolute atomic E-state index is 0.106. The van der Waals surface area contributed by atoms with Crippen LogP contribution in [0.2, 0.25) is 0 Å². The molecule has 0 saturated heterocycles. The van der Waals surface area contributed by atoms with Gasteiger partial charge in [-0.3, -0.25) is 9.79 Å². The van der Waals surface area contributed by atoms with Crippen molar-refractivity contribution in [1.29, 1.82) is 0 Å². The molecule has 0 bridgehead atoms. The molecule has 1 amide bonds.